The highest BCUT2D eigenvalue weighted by molar-refractivity contribution is 9.10. The number of halogens is 4. The first-order valence-electron chi connectivity index (χ1n) is 4.11. The summed E-state index contributed by atoms with van der Waals surface area (Å²) in [7, 11) is 1.32. The van der Waals surface area contributed by atoms with Gasteiger partial charge in [0.1, 0.15) is 5.75 Å². The Bertz CT molecular complexity index is 406. The number of alkyl halides is 3. The highest BCUT2D eigenvalue weighted by Gasteiger charge is 2.33. The van der Waals surface area contributed by atoms with Crippen molar-refractivity contribution in [1.29, 1.82) is 0 Å². The van der Waals surface area contributed by atoms with Crippen LogP contribution < -0.4 is 10.1 Å². The van der Waals surface area contributed by atoms with Gasteiger partial charge in [0.2, 0.25) is 0 Å². The van der Waals surface area contributed by atoms with Crippen molar-refractivity contribution >= 4 is 21.8 Å². The van der Waals surface area contributed by atoms with Crippen molar-refractivity contribution in [1.82, 2.24) is 5.32 Å². The van der Waals surface area contributed by atoms with E-state index in [1.165, 1.54) is 19.2 Å². The van der Waals surface area contributed by atoms with E-state index in [1.54, 1.807) is 0 Å². The van der Waals surface area contributed by atoms with E-state index in [0.29, 0.717) is 0 Å². The summed E-state index contributed by atoms with van der Waals surface area (Å²) in [6.07, 6.45) is -4.83. The van der Waals surface area contributed by atoms with Crippen molar-refractivity contribution in [2.45, 2.75) is 6.36 Å². The van der Waals surface area contributed by atoms with Crippen LogP contribution in [-0.2, 0) is 0 Å². The van der Waals surface area contributed by atoms with Gasteiger partial charge >= 0.3 is 6.36 Å². The number of nitrogens with one attached hydrogen (secondary N) is 1. The molecule has 7 heteroatoms. The molecule has 0 spiro atoms. The fourth-order valence-electron chi connectivity index (χ4n) is 1.06. The maximum Gasteiger partial charge on any atom is 0.573 e. The van der Waals surface area contributed by atoms with Gasteiger partial charge in [-0.1, -0.05) is 6.07 Å². The number of benzene rings is 1. The van der Waals surface area contributed by atoms with Crippen LogP contribution in [0.4, 0.5) is 13.2 Å². The standard InChI is InChI=1S/C9H7BrF3NO2/c1-14-8(15)7-5(10)3-2-4-6(7)16-9(11,12)13/h2-4H,1H3,(H,14,15). The molecule has 0 aromatic heterocycles. The van der Waals surface area contributed by atoms with Gasteiger partial charge < -0.3 is 10.1 Å². The number of amides is 1. The Labute approximate surface area is 97.7 Å². The van der Waals surface area contributed by atoms with Crippen LogP contribution in [0.25, 0.3) is 0 Å². The molecule has 16 heavy (non-hydrogen) atoms. The number of carbonyl (C=O) groups is 1. The molecule has 0 fully saturated rings. The van der Waals surface area contributed by atoms with Crippen molar-refractivity contribution in [3.63, 3.8) is 0 Å². The summed E-state index contributed by atoms with van der Waals surface area (Å²) in [4.78, 5) is 11.4. The quantitative estimate of drug-likeness (QED) is 0.911. The maximum atomic E-state index is 12.1. The SMILES string of the molecule is CNC(=O)c1c(Br)cccc1OC(F)(F)F. The van der Waals surface area contributed by atoms with Gasteiger partial charge in [-0.2, -0.15) is 0 Å². The minimum absolute atomic E-state index is 0.192. The molecule has 1 aromatic carbocycles. The minimum atomic E-state index is -4.83. The smallest absolute Gasteiger partial charge is 0.405 e. The first-order chi connectivity index (χ1) is 7.35. The molecule has 1 aromatic rings. The van der Waals surface area contributed by atoms with Gasteiger partial charge in [0.15, 0.2) is 0 Å². The molecule has 0 aliphatic carbocycles. The van der Waals surface area contributed by atoms with Crippen molar-refractivity contribution in [3.05, 3.63) is 28.2 Å². The Kier molecular flexibility index (Phi) is 3.79. The Morgan fingerprint density at radius 2 is 2.06 bits per heavy atom. The summed E-state index contributed by atoms with van der Waals surface area (Å²) < 4.78 is 40.1. The molecule has 3 nitrogen and oxygen atoms in total. The monoisotopic (exact) mass is 297 g/mol. The number of hydrogen-bond donors (Lipinski definition) is 1. The molecule has 0 bridgehead atoms. The van der Waals surface area contributed by atoms with Gasteiger partial charge in [0, 0.05) is 11.5 Å². The maximum absolute atomic E-state index is 12.1. The minimum Gasteiger partial charge on any atom is -0.405 e. The van der Waals surface area contributed by atoms with Crippen LogP contribution in [0, 0.1) is 0 Å². The fraction of sp³-hybridized carbons (Fsp3) is 0.222. The zero-order valence-corrected chi connectivity index (χ0v) is 9.65. The number of rotatable bonds is 2. The Morgan fingerprint density at radius 1 is 1.44 bits per heavy atom. The molecule has 1 amide bonds. The third-order valence-corrected chi connectivity index (χ3v) is 2.32. The van der Waals surface area contributed by atoms with E-state index in [0.717, 1.165) is 6.07 Å². The normalized spacial score (nSPS) is 11.1. The molecule has 0 aliphatic rings. The Morgan fingerprint density at radius 3 is 2.56 bits per heavy atom. The number of hydrogen-bond acceptors (Lipinski definition) is 2. The average molecular weight is 298 g/mol. The topological polar surface area (TPSA) is 38.3 Å². The van der Waals surface area contributed by atoms with E-state index >= 15 is 0 Å². The van der Waals surface area contributed by atoms with Crippen molar-refractivity contribution in [2.24, 2.45) is 0 Å². The van der Waals surface area contributed by atoms with Crippen LogP contribution >= 0.6 is 15.9 Å². The second-order valence-corrected chi connectivity index (χ2v) is 3.59. The van der Waals surface area contributed by atoms with Crippen LogP contribution in [0.3, 0.4) is 0 Å². The average Bonchev–Trinajstić information content (AvgIpc) is 2.14. The third-order valence-electron chi connectivity index (χ3n) is 1.66. The summed E-state index contributed by atoms with van der Waals surface area (Å²) in [6, 6.07) is 3.87. The molecule has 1 N–H and O–H groups in total. The molecule has 0 unspecified atom stereocenters. The second-order valence-electron chi connectivity index (χ2n) is 2.74. The van der Waals surface area contributed by atoms with Gasteiger partial charge in [-0.25, -0.2) is 0 Å². The van der Waals surface area contributed by atoms with Gasteiger partial charge in [0.25, 0.3) is 5.91 Å². The highest BCUT2D eigenvalue weighted by atomic mass is 79.9. The molecule has 88 valence electrons. The zero-order valence-electron chi connectivity index (χ0n) is 8.06. The van der Waals surface area contributed by atoms with E-state index in [-0.39, 0.29) is 10.0 Å². The molecule has 1 rings (SSSR count). The lowest BCUT2D eigenvalue weighted by molar-refractivity contribution is -0.274. The zero-order chi connectivity index (χ0) is 12.3. The second kappa shape index (κ2) is 4.73. The van der Waals surface area contributed by atoms with Crippen molar-refractivity contribution < 1.29 is 22.7 Å². The predicted molar refractivity (Wildman–Crippen MR) is 54.2 cm³/mol. The van der Waals surface area contributed by atoms with Crippen LogP contribution in [-0.4, -0.2) is 19.3 Å². The van der Waals surface area contributed by atoms with Crippen LogP contribution in [0.5, 0.6) is 5.75 Å². The van der Waals surface area contributed by atoms with E-state index in [2.05, 4.69) is 26.0 Å². The van der Waals surface area contributed by atoms with Gasteiger partial charge in [-0.15, -0.1) is 13.2 Å². The van der Waals surface area contributed by atoms with E-state index < -0.39 is 18.0 Å². The first kappa shape index (κ1) is 12.8. The Hall–Kier alpha value is -1.24. The largest absolute Gasteiger partial charge is 0.573 e. The van der Waals surface area contributed by atoms with Crippen molar-refractivity contribution in [3.8, 4) is 5.75 Å². The predicted octanol–water partition coefficient (Wildman–Crippen LogP) is 2.71. The lowest BCUT2D eigenvalue weighted by Gasteiger charge is -2.13. The van der Waals surface area contributed by atoms with Crippen LogP contribution in [0.2, 0.25) is 0 Å². The van der Waals surface area contributed by atoms with E-state index in [9.17, 15) is 18.0 Å². The van der Waals surface area contributed by atoms with E-state index in [4.69, 9.17) is 0 Å². The molecule has 0 radical (unpaired) electrons. The highest BCUT2D eigenvalue weighted by Crippen LogP contribution is 2.31. The third kappa shape index (κ3) is 3.13. The summed E-state index contributed by atoms with van der Waals surface area (Å²) in [5.74, 6) is -1.20. The van der Waals surface area contributed by atoms with Crippen LogP contribution in [0.1, 0.15) is 10.4 Å². The van der Waals surface area contributed by atoms with Gasteiger partial charge in [-0.05, 0) is 28.1 Å². The summed E-state index contributed by atoms with van der Waals surface area (Å²) in [6.45, 7) is 0. The molecular weight excluding hydrogens is 291 g/mol. The van der Waals surface area contributed by atoms with Gasteiger partial charge in [-0.3, -0.25) is 4.79 Å². The van der Waals surface area contributed by atoms with Gasteiger partial charge in [0.05, 0.1) is 5.56 Å². The first-order valence-corrected chi connectivity index (χ1v) is 4.91. The molecule has 0 atom stereocenters. The molecule has 0 aliphatic heterocycles. The summed E-state index contributed by atoms with van der Waals surface area (Å²) in [5, 5.41) is 2.23. The number of carbonyl (C=O) groups excluding carboxylic acids is 1. The summed E-state index contributed by atoms with van der Waals surface area (Å²) >= 11 is 2.99. The lowest BCUT2D eigenvalue weighted by Crippen LogP contribution is -2.23. The molecule has 0 saturated heterocycles. The summed E-state index contributed by atoms with van der Waals surface area (Å²) in [5.41, 5.74) is -0.192. The fourth-order valence-corrected chi connectivity index (χ4v) is 1.59. The molecule has 0 heterocycles. The molecule has 0 saturated carbocycles. The Balaban J connectivity index is 3.18. The molecular formula is C9H7BrF3NO2. The lowest BCUT2D eigenvalue weighted by atomic mass is 10.2. The van der Waals surface area contributed by atoms with Crippen LogP contribution in [0.15, 0.2) is 22.7 Å². The number of ether oxygens (including phenoxy) is 1. The van der Waals surface area contributed by atoms with Crippen molar-refractivity contribution in [2.75, 3.05) is 7.05 Å². The van der Waals surface area contributed by atoms with E-state index in [1.807, 2.05) is 0 Å².